The minimum Gasteiger partial charge on any atom is -0.455 e. The van der Waals surface area contributed by atoms with Crippen LogP contribution in [0, 0.1) is 6.07 Å². The number of benzene rings is 2. The zero-order chi connectivity index (χ0) is 16.0. The predicted octanol–water partition coefficient (Wildman–Crippen LogP) is 4.99. The van der Waals surface area contributed by atoms with Gasteiger partial charge in [-0.05, 0) is 11.8 Å². The van der Waals surface area contributed by atoms with Crippen molar-refractivity contribution >= 4 is 35.2 Å². The summed E-state index contributed by atoms with van der Waals surface area (Å²) in [6.07, 6.45) is 1.82. The molecule has 0 saturated heterocycles. The van der Waals surface area contributed by atoms with Gasteiger partial charge in [-0.1, -0.05) is 43.9 Å². The van der Waals surface area contributed by atoms with Crippen LogP contribution in [0.3, 0.4) is 0 Å². The van der Waals surface area contributed by atoms with Crippen molar-refractivity contribution in [2.75, 3.05) is 0 Å². The molecule has 0 aliphatic rings. The molecule has 0 unspecified atom stereocenters. The van der Waals surface area contributed by atoms with Crippen LogP contribution >= 0.6 is 0 Å². The van der Waals surface area contributed by atoms with Crippen molar-refractivity contribution in [1.29, 1.82) is 0 Å². The van der Waals surface area contributed by atoms with E-state index in [4.69, 9.17) is 4.42 Å². The number of hydrogen-bond acceptors (Lipinski definition) is 2. The Morgan fingerprint density at radius 3 is 2.50 bits per heavy atom. The molecule has 2 nitrogen and oxygen atoms in total. The van der Waals surface area contributed by atoms with Crippen molar-refractivity contribution in [3.8, 4) is 11.3 Å². The topological polar surface area (TPSA) is 26.0 Å². The molecular formula is C20H18IrNOSi-. The first-order chi connectivity index (χ1) is 11.0. The van der Waals surface area contributed by atoms with Gasteiger partial charge in [0.05, 0.1) is 14.3 Å². The van der Waals surface area contributed by atoms with Gasteiger partial charge in [-0.25, -0.2) is 0 Å². The van der Waals surface area contributed by atoms with E-state index in [9.17, 15) is 0 Å². The molecule has 0 aliphatic heterocycles. The van der Waals surface area contributed by atoms with Crippen molar-refractivity contribution in [2.24, 2.45) is 0 Å². The number of para-hydroxylation sites is 1. The molecule has 1 radical (unpaired) electrons. The maximum absolute atomic E-state index is 5.86. The molecule has 24 heavy (non-hydrogen) atoms. The fourth-order valence-corrected chi connectivity index (χ4v) is 3.94. The fraction of sp³-hybridized carbons (Fsp3) is 0.150. The van der Waals surface area contributed by atoms with Crippen LogP contribution in [0.15, 0.2) is 59.1 Å². The molecule has 0 amide bonds. The van der Waals surface area contributed by atoms with Gasteiger partial charge in [0.2, 0.25) is 0 Å². The molecule has 0 bridgehead atoms. The van der Waals surface area contributed by atoms with E-state index in [1.165, 1.54) is 5.19 Å². The van der Waals surface area contributed by atoms with E-state index in [-0.39, 0.29) is 20.1 Å². The molecule has 4 heteroatoms. The smallest absolute Gasteiger partial charge is 0.151 e. The summed E-state index contributed by atoms with van der Waals surface area (Å²) in [6, 6.07) is 20.2. The Hall–Kier alpha value is -1.74. The van der Waals surface area contributed by atoms with E-state index < -0.39 is 8.07 Å². The maximum Gasteiger partial charge on any atom is 0.151 e. The minimum atomic E-state index is -1.38. The number of aromatic nitrogens is 1. The first kappa shape index (κ1) is 17.1. The zero-order valence-electron chi connectivity index (χ0n) is 13.9. The van der Waals surface area contributed by atoms with Gasteiger partial charge in [0.1, 0.15) is 5.58 Å². The van der Waals surface area contributed by atoms with Crippen LogP contribution in [0.5, 0.6) is 0 Å². The Bertz CT molecular complexity index is 1020. The first-order valence-electron chi connectivity index (χ1n) is 7.83. The number of hydrogen-bond donors (Lipinski definition) is 0. The molecule has 0 fully saturated rings. The van der Waals surface area contributed by atoms with E-state index in [1.807, 2.05) is 24.4 Å². The van der Waals surface area contributed by atoms with Gasteiger partial charge >= 0.3 is 0 Å². The molecular weight excluding hydrogens is 491 g/mol. The van der Waals surface area contributed by atoms with E-state index in [0.29, 0.717) is 0 Å². The van der Waals surface area contributed by atoms with Gasteiger partial charge < -0.3 is 9.40 Å². The molecule has 2 aromatic heterocycles. The molecule has 2 aromatic carbocycles. The van der Waals surface area contributed by atoms with Crippen molar-refractivity contribution in [3.63, 3.8) is 0 Å². The van der Waals surface area contributed by atoms with Crippen molar-refractivity contribution in [3.05, 3.63) is 60.8 Å². The second kappa shape index (κ2) is 6.28. The maximum atomic E-state index is 5.86. The van der Waals surface area contributed by atoms with Gasteiger partial charge in [-0.15, -0.1) is 35.0 Å². The summed E-state index contributed by atoms with van der Waals surface area (Å²) in [5.41, 5.74) is 3.74. The largest absolute Gasteiger partial charge is 0.455 e. The molecule has 2 heterocycles. The number of fused-ring (bicyclic) bond motifs is 3. The third-order valence-corrected chi connectivity index (χ3v) is 6.05. The molecule has 0 saturated carbocycles. The van der Waals surface area contributed by atoms with E-state index in [0.717, 1.165) is 33.2 Å². The summed E-state index contributed by atoms with van der Waals surface area (Å²) in [4.78, 5) is 4.59. The second-order valence-electron chi connectivity index (χ2n) is 6.89. The van der Waals surface area contributed by atoms with Crippen molar-refractivity contribution < 1.29 is 24.5 Å². The quantitative estimate of drug-likeness (QED) is 0.282. The molecule has 0 spiro atoms. The normalized spacial score (nSPS) is 11.6. The number of furan rings is 1. The van der Waals surface area contributed by atoms with Gasteiger partial charge in [0.25, 0.3) is 0 Å². The van der Waals surface area contributed by atoms with Gasteiger partial charge in [-0.3, -0.25) is 0 Å². The van der Waals surface area contributed by atoms with Gasteiger partial charge in [-0.2, -0.15) is 0 Å². The molecule has 4 aromatic rings. The summed E-state index contributed by atoms with van der Waals surface area (Å²) in [7, 11) is -1.38. The van der Waals surface area contributed by atoms with E-state index >= 15 is 0 Å². The Morgan fingerprint density at radius 1 is 0.917 bits per heavy atom. The Labute approximate surface area is 156 Å². The summed E-state index contributed by atoms with van der Waals surface area (Å²) in [5, 5.41) is 3.57. The summed E-state index contributed by atoms with van der Waals surface area (Å²) < 4.78 is 5.86. The Balaban J connectivity index is 0.00000169. The zero-order valence-corrected chi connectivity index (χ0v) is 17.3. The second-order valence-corrected chi connectivity index (χ2v) is 11.9. The summed E-state index contributed by atoms with van der Waals surface area (Å²) in [6.45, 7) is 7.01. The van der Waals surface area contributed by atoms with Crippen LogP contribution in [-0.2, 0) is 20.1 Å². The monoisotopic (exact) mass is 509 g/mol. The SMILES string of the molecule is C[Si](C)(C)c1[c-]c(-c2cc3c(cn2)oc2ccccc23)ccc1.[Ir]. The molecule has 0 atom stereocenters. The third kappa shape index (κ3) is 2.97. The predicted molar refractivity (Wildman–Crippen MR) is 98.8 cm³/mol. The first-order valence-corrected chi connectivity index (χ1v) is 11.3. The molecule has 123 valence electrons. The molecule has 0 aliphatic carbocycles. The van der Waals surface area contributed by atoms with Crippen LogP contribution in [0.2, 0.25) is 19.6 Å². The summed E-state index contributed by atoms with van der Waals surface area (Å²) in [5.74, 6) is 0. The van der Waals surface area contributed by atoms with Crippen molar-refractivity contribution in [2.45, 2.75) is 19.6 Å². The van der Waals surface area contributed by atoms with Crippen LogP contribution in [0.1, 0.15) is 0 Å². The van der Waals surface area contributed by atoms with Crippen LogP contribution < -0.4 is 5.19 Å². The number of pyridine rings is 1. The van der Waals surface area contributed by atoms with Crippen LogP contribution in [-0.4, -0.2) is 13.1 Å². The van der Waals surface area contributed by atoms with E-state index in [1.54, 1.807) is 0 Å². The van der Waals surface area contributed by atoms with Crippen LogP contribution in [0.25, 0.3) is 33.2 Å². The average Bonchev–Trinajstić information content (AvgIpc) is 2.92. The Morgan fingerprint density at radius 2 is 1.71 bits per heavy atom. The van der Waals surface area contributed by atoms with Gasteiger partial charge in [0, 0.05) is 30.9 Å². The standard InChI is InChI=1S/C20H18NOSi.Ir/c1-23(2,3)15-8-6-7-14(11-15)18-12-17-16-9-4-5-10-19(16)22-20(17)13-21-18;/h4-10,12-13H,1-3H3;/q-1;. The fourth-order valence-electron chi connectivity index (χ4n) is 2.83. The van der Waals surface area contributed by atoms with Crippen molar-refractivity contribution in [1.82, 2.24) is 4.98 Å². The third-order valence-electron chi connectivity index (χ3n) is 4.14. The number of rotatable bonds is 2. The van der Waals surface area contributed by atoms with Crippen LogP contribution in [0.4, 0.5) is 0 Å². The van der Waals surface area contributed by atoms with Gasteiger partial charge in [0.15, 0.2) is 5.58 Å². The van der Waals surface area contributed by atoms with E-state index in [2.05, 4.69) is 61.0 Å². The molecule has 4 rings (SSSR count). The Kier molecular flexibility index (Phi) is 4.47. The number of nitrogens with zero attached hydrogens (tertiary/aromatic N) is 1. The average molecular weight is 509 g/mol. The minimum absolute atomic E-state index is 0. The molecule has 0 N–H and O–H groups in total. The summed E-state index contributed by atoms with van der Waals surface area (Å²) >= 11 is 0.